The van der Waals surface area contributed by atoms with Crippen LogP contribution < -0.4 is 9.05 Å². The minimum Gasteiger partial charge on any atom is -0.395 e. The van der Waals surface area contributed by atoms with Gasteiger partial charge in [-0.05, 0) is 24.2 Å². The first-order valence-electron chi connectivity index (χ1n) is 9.16. The lowest BCUT2D eigenvalue weighted by Crippen LogP contribution is -1.99. The van der Waals surface area contributed by atoms with Gasteiger partial charge in [-0.1, -0.05) is 36.3 Å². The number of hydrogen-bond acceptors (Lipinski definition) is 3. The van der Waals surface area contributed by atoms with Gasteiger partial charge in [0.2, 0.25) is 0 Å². The smallest absolute Gasteiger partial charge is 0.395 e. The molecule has 0 saturated carbocycles. The highest BCUT2D eigenvalue weighted by Gasteiger charge is 2.24. The van der Waals surface area contributed by atoms with Gasteiger partial charge in [-0.25, -0.2) is 4.57 Å². The lowest BCUT2D eigenvalue weighted by Gasteiger charge is -2.13. The first-order valence-corrected chi connectivity index (χ1v) is 5.65. The Labute approximate surface area is 113 Å². The minimum absolute atomic E-state index is 0.753. The number of phosphoric acid groups is 1. The molecule has 5 heteroatoms. The van der Waals surface area contributed by atoms with Gasteiger partial charge in [0.15, 0.2) is 0 Å². The lowest BCUT2D eigenvalue weighted by atomic mass is 10.3. The van der Waals surface area contributed by atoms with Crippen molar-refractivity contribution in [3.63, 3.8) is 0 Å². The van der Waals surface area contributed by atoms with E-state index in [0.717, 1.165) is 0 Å². The molecule has 0 bridgehead atoms. The summed E-state index contributed by atoms with van der Waals surface area (Å²) in [6, 6.07) is -8.47. The van der Waals surface area contributed by atoms with Crippen LogP contribution in [0.25, 0.3) is 0 Å². The molecule has 0 aliphatic carbocycles. The maximum Gasteiger partial charge on any atom is 0.584 e. The van der Waals surface area contributed by atoms with Gasteiger partial charge in [0.1, 0.15) is 11.5 Å². The molecule has 0 atom stereocenters. The molecule has 0 fully saturated rings. The molecule has 0 aromatic heterocycles. The highest BCUT2D eigenvalue weighted by molar-refractivity contribution is 7.48. The van der Waals surface area contributed by atoms with Crippen LogP contribution in [0.1, 0.15) is 13.7 Å². The monoisotopic (exact) mass is 260 g/mol. The molecular formula is C12H11O4P. The number of phosphoric ester groups is 1. The summed E-state index contributed by atoms with van der Waals surface area (Å²) in [5.74, 6) is -1.97. The van der Waals surface area contributed by atoms with E-state index in [1.165, 1.54) is 0 Å². The predicted octanol–water partition coefficient (Wildman–Crippen LogP) is 3.24. The summed E-state index contributed by atoms with van der Waals surface area (Å²) >= 11 is 0. The van der Waals surface area contributed by atoms with E-state index in [2.05, 4.69) is 9.05 Å². The first-order chi connectivity index (χ1) is 12.3. The van der Waals surface area contributed by atoms with E-state index in [1.54, 1.807) is 0 Å². The second-order valence-corrected chi connectivity index (χ2v) is 3.86. The summed E-state index contributed by atoms with van der Waals surface area (Å²) < 4.78 is 96.7. The van der Waals surface area contributed by atoms with Crippen LogP contribution in [0.2, 0.25) is 0 Å². The predicted molar refractivity (Wildman–Crippen MR) is 64.0 cm³/mol. The van der Waals surface area contributed by atoms with Crippen molar-refractivity contribution in [1.29, 1.82) is 0 Å². The zero-order valence-corrected chi connectivity index (χ0v) is 9.01. The van der Waals surface area contributed by atoms with Gasteiger partial charge < -0.3 is 9.05 Å². The van der Waals surface area contributed by atoms with Gasteiger partial charge in [-0.3, -0.25) is 4.89 Å². The van der Waals surface area contributed by atoms with Crippen molar-refractivity contribution in [3.8, 4) is 11.5 Å². The summed E-state index contributed by atoms with van der Waals surface area (Å²) in [5.41, 5.74) is 0. The van der Waals surface area contributed by atoms with Gasteiger partial charge in [0, 0.05) is 0 Å². The van der Waals surface area contributed by atoms with Crippen LogP contribution in [0.3, 0.4) is 0 Å². The Hall–Kier alpha value is -1.77. The third kappa shape index (κ3) is 3.63. The van der Waals surface area contributed by atoms with Gasteiger partial charge >= 0.3 is 7.82 Å². The van der Waals surface area contributed by atoms with E-state index in [0.29, 0.717) is 0 Å². The molecule has 0 saturated heterocycles. The van der Waals surface area contributed by atoms with E-state index >= 15 is 0 Å². The molecule has 0 amide bonds. The summed E-state index contributed by atoms with van der Waals surface area (Å²) in [5, 5.41) is 0. The molecule has 17 heavy (non-hydrogen) atoms. The second-order valence-electron chi connectivity index (χ2n) is 2.56. The van der Waals surface area contributed by atoms with Crippen molar-refractivity contribution >= 4 is 7.82 Å². The Balaban J connectivity index is 2.51. The Morgan fingerprint density at radius 1 is 0.882 bits per heavy atom. The van der Waals surface area contributed by atoms with Crippen LogP contribution in [0.15, 0.2) is 60.4 Å². The molecule has 0 aliphatic rings. The average molecular weight is 260 g/mol. The lowest BCUT2D eigenvalue weighted by molar-refractivity contribution is 0.291. The Kier molecular flexibility index (Phi) is 1.33. The normalized spacial score (nSPS) is 19.1. The quantitative estimate of drug-likeness (QED) is 0.857. The van der Waals surface area contributed by atoms with E-state index < -0.39 is 79.7 Å². The maximum atomic E-state index is 12.2. The van der Waals surface area contributed by atoms with Gasteiger partial charge in [0.05, 0.1) is 13.7 Å². The van der Waals surface area contributed by atoms with Gasteiger partial charge in [0.25, 0.3) is 0 Å². The Morgan fingerprint density at radius 2 is 1.24 bits per heavy atom. The van der Waals surface area contributed by atoms with Crippen LogP contribution in [0.4, 0.5) is 0 Å². The van der Waals surface area contributed by atoms with Crippen molar-refractivity contribution in [2.75, 3.05) is 0 Å². The van der Waals surface area contributed by atoms with Crippen molar-refractivity contribution in [2.24, 2.45) is 0 Å². The van der Waals surface area contributed by atoms with Crippen LogP contribution in [0, 0.1) is 0 Å². The van der Waals surface area contributed by atoms with Crippen LogP contribution in [-0.2, 0) is 4.57 Å². The fraction of sp³-hybridized carbons (Fsp3) is 0. The van der Waals surface area contributed by atoms with Crippen molar-refractivity contribution in [2.45, 2.75) is 0 Å². The highest BCUT2D eigenvalue weighted by atomic mass is 31.2. The zero-order valence-electron chi connectivity index (χ0n) is 18.1. The summed E-state index contributed by atoms with van der Waals surface area (Å²) in [6.07, 6.45) is 0. The van der Waals surface area contributed by atoms with Crippen molar-refractivity contribution in [1.82, 2.24) is 0 Å². The highest BCUT2D eigenvalue weighted by Crippen LogP contribution is 2.43. The maximum absolute atomic E-state index is 12.2. The van der Waals surface area contributed by atoms with E-state index in [4.69, 9.17) is 13.7 Å². The summed E-state index contributed by atoms with van der Waals surface area (Å²) in [7, 11) is -5.29. The average Bonchev–Trinajstić information content (AvgIpc) is 2.62. The number of benzene rings is 2. The molecule has 0 heterocycles. The number of hydrogen-bond donors (Lipinski definition) is 1. The fourth-order valence-corrected chi connectivity index (χ4v) is 1.50. The largest absolute Gasteiger partial charge is 0.584 e. The standard InChI is InChI=1S/C12H11O4P/c13-17(14,15-11-7-3-1-4-8-11)16-12-9-5-2-6-10-12/h1-10H,(H,13,14)/i1D,2D,3D,4D,5D,6D,7D,8D,9D,10D. The topological polar surface area (TPSA) is 55.8 Å². The molecule has 1 N–H and O–H groups in total. The Bertz CT molecular complexity index is 862. The van der Waals surface area contributed by atoms with Crippen molar-refractivity contribution in [3.05, 3.63) is 60.4 Å². The summed E-state index contributed by atoms with van der Waals surface area (Å²) in [6.45, 7) is 0. The zero-order chi connectivity index (χ0) is 20.8. The molecule has 2 aromatic rings. The molecular weight excluding hydrogens is 239 g/mol. The summed E-state index contributed by atoms with van der Waals surface area (Å²) in [4.78, 5) is 9.86. The van der Waals surface area contributed by atoms with Crippen LogP contribution in [-0.4, -0.2) is 4.89 Å². The van der Waals surface area contributed by atoms with Crippen LogP contribution >= 0.6 is 7.82 Å². The van der Waals surface area contributed by atoms with Crippen LogP contribution in [0.5, 0.6) is 11.5 Å². The molecule has 0 aliphatic heterocycles. The molecule has 4 nitrogen and oxygen atoms in total. The molecule has 0 unspecified atom stereocenters. The van der Waals surface area contributed by atoms with E-state index in [9.17, 15) is 9.46 Å². The molecule has 88 valence electrons. The second kappa shape index (κ2) is 5.04. The SMILES string of the molecule is [2H]c1c([2H])c([2H])c(OP(=O)(O)Oc2c([2H])c([2H])c([2H])c([2H])c2[2H])c([2H])c1[2H]. The van der Waals surface area contributed by atoms with Crippen molar-refractivity contribution < 1.29 is 32.2 Å². The third-order valence-corrected chi connectivity index (χ3v) is 2.19. The number of rotatable bonds is 4. The third-order valence-electron chi connectivity index (χ3n) is 1.37. The number of para-hydroxylation sites is 2. The molecule has 0 spiro atoms. The first kappa shape index (κ1) is 4.48. The van der Waals surface area contributed by atoms with Gasteiger partial charge in [-0.15, -0.1) is 0 Å². The Morgan fingerprint density at radius 3 is 1.59 bits per heavy atom. The van der Waals surface area contributed by atoms with E-state index in [-0.39, 0.29) is 0 Å². The minimum atomic E-state index is -5.29. The molecule has 2 rings (SSSR count). The fourth-order valence-electron chi connectivity index (χ4n) is 0.818. The molecule has 2 aromatic carbocycles. The van der Waals surface area contributed by atoms with E-state index in [1.807, 2.05) is 0 Å². The molecule has 0 radical (unpaired) electrons. The van der Waals surface area contributed by atoms with Gasteiger partial charge in [-0.2, -0.15) is 0 Å².